The fourth-order valence-corrected chi connectivity index (χ4v) is 3.13. The first-order valence-electron chi connectivity index (χ1n) is 6.94. The lowest BCUT2D eigenvalue weighted by molar-refractivity contribution is 0.168. The zero-order valence-corrected chi connectivity index (χ0v) is 11.4. The Hall–Kier alpha value is -0.820. The van der Waals surface area contributed by atoms with Crippen LogP contribution in [0.15, 0.2) is 30.3 Å². The lowest BCUT2D eigenvalue weighted by Crippen LogP contribution is -2.40. The van der Waals surface area contributed by atoms with Crippen LogP contribution in [0, 0.1) is 11.3 Å². The van der Waals surface area contributed by atoms with Crippen LogP contribution in [0.2, 0.25) is 0 Å². The summed E-state index contributed by atoms with van der Waals surface area (Å²) in [6.45, 7) is 8.37. The lowest BCUT2D eigenvalue weighted by atomic mass is 9.70. The van der Waals surface area contributed by atoms with Gasteiger partial charge in [-0.1, -0.05) is 57.5 Å². The highest BCUT2D eigenvalue weighted by Crippen LogP contribution is 2.41. The van der Waals surface area contributed by atoms with E-state index in [9.17, 15) is 0 Å². The maximum absolute atomic E-state index is 3.71. The fourth-order valence-electron chi connectivity index (χ4n) is 3.13. The Morgan fingerprint density at radius 2 is 2.06 bits per heavy atom. The van der Waals surface area contributed by atoms with E-state index in [0.717, 1.165) is 5.92 Å². The molecule has 0 spiro atoms. The van der Waals surface area contributed by atoms with Crippen molar-refractivity contribution in [3.8, 4) is 0 Å². The highest BCUT2D eigenvalue weighted by atomic mass is 15.0. The van der Waals surface area contributed by atoms with Crippen molar-refractivity contribution in [3.05, 3.63) is 35.9 Å². The monoisotopic (exact) mass is 231 g/mol. The lowest BCUT2D eigenvalue weighted by Gasteiger charge is -2.37. The summed E-state index contributed by atoms with van der Waals surface area (Å²) < 4.78 is 0. The van der Waals surface area contributed by atoms with E-state index in [4.69, 9.17) is 0 Å². The van der Waals surface area contributed by atoms with Gasteiger partial charge in [0.2, 0.25) is 0 Å². The molecule has 2 rings (SSSR count). The van der Waals surface area contributed by atoms with Crippen molar-refractivity contribution < 1.29 is 0 Å². The topological polar surface area (TPSA) is 12.0 Å². The van der Waals surface area contributed by atoms with Gasteiger partial charge < -0.3 is 5.32 Å². The van der Waals surface area contributed by atoms with Crippen LogP contribution in [0.4, 0.5) is 0 Å². The molecule has 1 heterocycles. The molecule has 3 unspecified atom stereocenters. The average Bonchev–Trinajstić information content (AvgIpc) is 2.72. The molecule has 1 fully saturated rings. The van der Waals surface area contributed by atoms with Gasteiger partial charge >= 0.3 is 0 Å². The van der Waals surface area contributed by atoms with Gasteiger partial charge in [-0.2, -0.15) is 0 Å². The van der Waals surface area contributed by atoms with E-state index < -0.39 is 0 Å². The van der Waals surface area contributed by atoms with E-state index >= 15 is 0 Å². The second-order valence-electron chi connectivity index (χ2n) is 5.76. The van der Waals surface area contributed by atoms with Crippen LogP contribution in [0.25, 0.3) is 0 Å². The summed E-state index contributed by atoms with van der Waals surface area (Å²) in [7, 11) is 0. The number of hydrogen-bond acceptors (Lipinski definition) is 1. The first kappa shape index (κ1) is 12.6. The van der Waals surface area contributed by atoms with Crippen LogP contribution >= 0.6 is 0 Å². The summed E-state index contributed by atoms with van der Waals surface area (Å²) in [6, 6.07) is 11.5. The Balaban J connectivity index is 2.10. The molecule has 1 aliphatic heterocycles. The third kappa shape index (κ3) is 2.55. The van der Waals surface area contributed by atoms with E-state index in [1.165, 1.54) is 31.4 Å². The standard InChI is InChI=1S/C16H25N/c1-4-13(2)16(3)10-11-17-15(16)12-14-8-6-5-7-9-14/h5-9,13,15,17H,4,10-12H2,1-3H3. The predicted molar refractivity (Wildman–Crippen MR) is 74.1 cm³/mol. The summed E-state index contributed by atoms with van der Waals surface area (Å²) in [4.78, 5) is 0. The first-order valence-corrected chi connectivity index (χ1v) is 6.94. The molecule has 3 atom stereocenters. The zero-order chi connectivity index (χ0) is 12.3. The van der Waals surface area contributed by atoms with E-state index in [1.54, 1.807) is 0 Å². The van der Waals surface area contributed by atoms with Gasteiger partial charge in [0, 0.05) is 6.04 Å². The number of rotatable bonds is 4. The number of nitrogens with one attached hydrogen (secondary N) is 1. The Bertz CT molecular complexity index is 346. The molecule has 1 heteroatoms. The Kier molecular flexibility index (Phi) is 3.88. The molecule has 1 aromatic rings. The highest BCUT2D eigenvalue weighted by molar-refractivity contribution is 5.17. The molecule has 0 radical (unpaired) electrons. The fraction of sp³-hybridized carbons (Fsp3) is 0.625. The average molecular weight is 231 g/mol. The molecule has 0 bridgehead atoms. The molecule has 0 amide bonds. The van der Waals surface area contributed by atoms with Crippen LogP contribution in [0.1, 0.15) is 39.2 Å². The summed E-state index contributed by atoms with van der Waals surface area (Å²) in [5, 5.41) is 3.71. The summed E-state index contributed by atoms with van der Waals surface area (Å²) in [6.07, 6.45) is 3.77. The second kappa shape index (κ2) is 5.22. The summed E-state index contributed by atoms with van der Waals surface area (Å²) >= 11 is 0. The molecule has 94 valence electrons. The smallest absolute Gasteiger partial charge is 0.0164 e. The molecule has 0 aromatic heterocycles. The van der Waals surface area contributed by atoms with Crippen LogP contribution in [-0.4, -0.2) is 12.6 Å². The Labute approximate surface area is 106 Å². The van der Waals surface area contributed by atoms with Gasteiger partial charge in [0.15, 0.2) is 0 Å². The van der Waals surface area contributed by atoms with Gasteiger partial charge in [0.25, 0.3) is 0 Å². The maximum Gasteiger partial charge on any atom is 0.0164 e. The van der Waals surface area contributed by atoms with Gasteiger partial charge in [0.05, 0.1) is 0 Å². The molecule has 0 saturated carbocycles. The molecular formula is C16H25N. The van der Waals surface area contributed by atoms with E-state index in [1.807, 2.05) is 0 Å². The van der Waals surface area contributed by atoms with Gasteiger partial charge in [-0.3, -0.25) is 0 Å². The Morgan fingerprint density at radius 1 is 1.35 bits per heavy atom. The molecular weight excluding hydrogens is 206 g/mol. The van der Waals surface area contributed by atoms with Crippen molar-refractivity contribution in [2.24, 2.45) is 11.3 Å². The quantitative estimate of drug-likeness (QED) is 0.834. The van der Waals surface area contributed by atoms with Crippen LogP contribution < -0.4 is 5.32 Å². The third-order valence-corrected chi connectivity index (χ3v) is 4.87. The third-order valence-electron chi connectivity index (χ3n) is 4.87. The Morgan fingerprint density at radius 3 is 2.71 bits per heavy atom. The minimum absolute atomic E-state index is 0.463. The van der Waals surface area contributed by atoms with Crippen molar-refractivity contribution in [1.29, 1.82) is 0 Å². The zero-order valence-electron chi connectivity index (χ0n) is 11.4. The minimum atomic E-state index is 0.463. The molecule has 1 saturated heterocycles. The SMILES string of the molecule is CCC(C)C1(C)CCNC1Cc1ccccc1. The number of benzene rings is 1. The van der Waals surface area contributed by atoms with E-state index in [0.29, 0.717) is 11.5 Å². The highest BCUT2D eigenvalue weighted by Gasteiger charge is 2.41. The van der Waals surface area contributed by atoms with E-state index in [2.05, 4.69) is 56.4 Å². The first-order chi connectivity index (χ1) is 8.16. The van der Waals surface area contributed by atoms with Crippen molar-refractivity contribution in [1.82, 2.24) is 5.32 Å². The molecule has 1 nitrogen and oxygen atoms in total. The van der Waals surface area contributed by atoms with Gasteiger partial charge in [-0.05, 0) is 36.3 Å². The predicted octanol–water partition coefficient (Wildman–Crippen LogP) is 3.64. The van der Waals surface area contributed by atoms with Crippen LogP contribution in [0.3, 0.4) is 0 Å². The molecule has 1 aliphatic rings. The molecule has 1 N–H and O–H groups in total. The van der Waals surface area contributed by atoms with Gasteiger partial charge in [0.1, 0.15) is 0 Å². The van der Waals surface area contributed by atoms with Crippen molar-refractivity contribution in [3.63, 3.8) is 0 Å². The maximum atomic E-state index is 3.71. The van der Waals surface area contributed by atoms with Crippen LogP contribution in [-0.2, 0) is 6.42 Å². The molecule has 0 aliphatic carbocycles. The van der Waals surface area contributed by atoms with Gasteiger partial charge in [-0.15, -0.1) is 0 Å². The normalized spacial score (nSPS) is 30.4. The minimum Gasteiger partial charge on any atom is -0.313 e. The van der Waals surface area contributed by atoms with E-state index in [-0.39, 0.29) is 0 Å². The van der Waals surface area contributed by atoms with Crippen molar-refractivity contribution in [2.45, 2.75) is 46.1 Å². The largest absolute Gasteiger partial charge is 0.313 e. The van der Waals surface area contributed by atoms with Crippen LogP contribution in [0.5, 0.6) is 0 Å². The second-order valence-corrected chi connectivity index (χ2v) is 5.76. The molecule has 17 heavy (non-hydrogen) atoms. The van der Waals surface area contributed by atoms with Crippen molar-refractivity contribution in [2.75, 3.05) is 6.54 Å². The molecule has 1 aromatic carbocycles. The van der Waals surface area contributed by atoms with Gasteiger partial charge in [-0.25, -0.2) is 0 Å². The number of hydrogen-bond donors (Lipinski definition) is 1. The summed E-state index contributed by atoms with van der Waals surface area (Å²) in [5.41, 5.74) is 1.92. The summed E-state index contributed by atoms with van der Waals surface area (Å²) in [5.74, 6) is 0.797. The van der Waals surface area contributed by atoms with Crippen molar-refractivity contribution >= 4 is 0 Å².